The second-order valence-corrected chi connectivity index (χ2v) is 3.21. The highest BCUT2D eigenvalue weighted by molar-refractivity contribution is 5.93. The van der Waals surface area contributed by atoms with E-state index in [2.05, 4.69) is 0 Å². The van der Waals surface area contributed by atoms with Gasteiger partial charge < -0.3 is 14.7 Å². The van der Waals surface area contributed by atoms with Gasteiger partial charge in [-0.05, 0) is 18.4 Å². The van der Waals surface area contributed by atoms with E-state index < -0.39 is 5.97 Å². The third-order valence-electron chi connectivity index (χ3n) is 1.52. The van der Waals surface area contributed by atoms with E-state index in [1.807, 2.05) is 14.1 Å². The zero-order valence-electron chi connectivity index (χ0n) is 9.51. The van der Waals surface area contributed by atoms with Crippen molar-refractivity contribution in [3.05, 3.63) is 23.9 Å². The Morgan fingerprint density at radius 1 is 1.56 bits per heavy atom. The first-order valence-electron chi connectivity index (χ1n) is 4.84. The third kappa shape index (κ3) is 6.62. The van der Waals surface area contributed by atoms with Gasteiger partial charge in [0.25, 0.3) is 0 Å². The predicted molar refractivity (Wildman–Crippen MR) is 59.2 cm³/mol. The Balaban J connectivity index is 4.27. The number of hydrogen-bond donors (Lipinski definition) is 1. The SMILES string of the molecule is CN(C)C=CC=C(C#N)C(=O)OCCCO. The van der Waals surface area contributed by atoms with E-state index in [4.69, 9.17) is 15.1 Å². The molecule has 0 aromatic carbocycles. The first-order chi connectivity index (χ1) is 7.61. The number of nitrogens with zero attached hydrogens (tertiary/aromatic N) is 2. The largest absolute Gasteiger partial charge is 0.461 e. The molecule has 0 unspecified atom stereocenters. The smallest absolute Gasteiger partial charge is 0.348 e. The summed E-state index contributed by atoms with van der Waals surface area (Å²) in [6.45, 7) is 0.0746. The minimum absolute atomic E-state index is 0.0422. The maximum absolute atomic E-state index is 11.3. The fourth-order valence-corrected chi connectivity index (χ4v) is 0.770. The molecular formula is C11H16N2O3. The van der Waals surface area contributed by atoms with Crippen molar-refractivity contribution in [1.82, 2.24) is 4.90 Å². The molecule has 0 aromatic rings. The second-order valence-electron chi connectivity index (χ2n) is 3.21. The number of rotatable bonds is 6. The van der Waals surface area contributed by atoms with Crippen LogP contribution in [0.1, 0.15) is 6.42 Å². The monoisotopic (exact) mass is 224 g/mol. The van der Waals surface area contributed by atoms with Gasteiger partial charge in [-0.3, -0.25) is 0 Å². The van der Waals surface area contributed by atoms with Gasteiger partial charge in [0, 0.05) is 27.1 Å². The van der Waals surface area contributed by atoms with Crippen LogP contribution in [0.15, 0.2) is 23.9 Å². The van der Waals surface area contributed by atoms with E-state index >= 15 is 0 Å². The fraction of sp³-hybridized carbons (Fsp3) is 0.455. The lowest BCUT2D eigenvalue weighted by Crippen LogP contribution is -2.08. The Kier molecular flexibility index (Phi) is 7.55. The van der Waals surface area contributed by atoms with Crippen molar-refractivity contribution < 1.29 is 14.6 Å². The number of aliphatic hydroxyl groups is 1. The van der Waals surface area contributed by atoms with Gasteiger partial charge in [-0.25, -0.2) is 4.79 Å². The number of carbonyl (C=O) groups excluding carboxylic acids is 1. The predicted octanol–water partition coefficient (Wildman–Crippen LogP) is 0.437. The maximum Gasteiger partial charge on any atom is 0.348 e. The van der Waals surface area contributed by atoms with Crippen LogP contribution in [0.4, 0.5) is 0 Å². The lowest BCUT2D eigenvalue weighted by Gasteiger charge is -2.02. The minimum Gasteiger partial charge on any atom is -0.461 e. The van der Waals surface area contributed by atoms with Crippen molar-refractivity contribution in [3.63, 3.8) is 0 Å². The van der Waals surface area contributed by atoms with Crippen molar-refractivity contribution in [2.45, 2.75) is 6.42 Å². The van der Waals surface area contributed by atoms with Crippen LogP contribution < -0.4 is 0 Å². The van der Waals surface area contributed by atoms with Gasteiger partial charge in [-0.2, -0.15) is 5.26 Å². The molecule has 0 aliphatic heterocycles. The highest BCUT2D eigenvalue weighted by atomic mass is 16.5. The van der Waals surface area contributed by atoms with Crippen LogP contribution >= 0.6 is 0 Å². The Morgan fingerprint density at radius 3 is 2.75 bits per heavy atom. The molecule has 0 spiro atoms. The third-order valence-corrected chi connectivity index (χ3v) is 1.52. The summed E-state index contributed by atoms with van der Waals surface area (Å²) in [7, 11) is 3.66. The number of nitriles is 1. The zero-order chi connectivity index (χ0) is 12.4. The standard InChI is InChI=1S/C11H16N2O3/c1-13(2)6-3-5-10(9-12)11(15)16-8-4-7-14/h3,5-6,14H,4,7-8H2,1-2H3. The molecule has 0 fully saturated rings. The summed E-state index contributed by atoms with van der Waals surface area (Å²) in [5.41, 5.74) is -0.0592. The maximum atomic E-state index is 11.3. The molecule has 0 bridgehead atoms. The molecule has 5 nitrogen and oxygen atoms in total. The molecule has 0 saturated carbocycles. The fourth-order valence-electron chi connectivity index (χ4n) is 0.770. The van der Waals surface area contributed by atoms with Crippen LogP contribution in [0.25, 0.3) is 0 Å². The number of hydrogen-bond acceptors (Lipinski definition) is 5. The molecule has 0 aliphatic rings. The number of allylic oxidation sites excluding steroid dienone is 2. The summed E-state index contributed by atoms with van der Waals surface area (Å²) in [5, 5.41) is 17.2. The Hall–Kier alpha value is -1.80. The number of esters is 1. The molecule has 0 amide bonds. The number of carbonyl (C=O) groups is 1. The molecule has 0 atom stereocenters. The van der Waals surface area contributed by atoms with Crippen molar-refractivity contribution in [2.24, 2.45) is 0 Å². The topological polar surface area (TPSA) is 73.6 Å². The van der Waals surface area contributed by atoms with Gasteiger partial charge in [-0.1, -0.05) is 0 Å². The molecule has 1 N–H and O–H groups in total. The van der Waals surface area contributed by atoms with Crippen LogP contribution in [-0.4, -0.2) is 43.3 Å². The highest BCUT2D eigenvalue weighted by Crippen LogP contribution is 1.98. The van der Waals surface area contributed by atoms with E-state index in [-0.39, 0.29) is 18.8 Å². The van der Waals surface area contributed by atoms with Gasteiger partial charge in [0.15, 0.2) is 0 Å². The van der Waals surface area contributed by atoms with Crippen molar-refractivity contribution in [3.8, 4) is 6.07 Å². The number of aliphatic hydroxyl groups excluding tert-OH is 1. The van der Waals surface area contributed by atoms with Crippen LogP contribution in [0.3, 0.4) is 0 Å². The van der Waals surface area contributed by atoms with Crippen LogP contribution in [0, 0.1) is 11.3 Å². The molecule has 0 saturated heterocycles. The summed E-state index contributed by atoms with van der Waals surface area (Å²) in [6, 6.07) is 1.76. The first kappa shape index (κ1) is 14.2. The molecular weight excluding hydrogens is 208 g/mol. The van der Waals surface area contributed by atoms with Crippen LogP contribution in [0.2, 0.25) is 0 Å². The molecule has 0 rings (SSSR count). The molecule has 0 radical (unpaired) electrons. The van der Waals surface area contributed by atoms with Crippen molar-refractivity contribution >= 4 is 5.97 Å². The molecule has 0 heterocycles. The number of ether oxygens (including phenoxy) is 1. The average Bonchev–Trinajstić information content (AvgIpc) is 2.24. The van der Waals surface area contributed by atoms with Gasteiger partial charge in [0.1, 0.15) is 11.6 Å². The van der Waals surface area contributed by atoms with Crippen molar-refractivity contribution in [2.75, 3.05) is 27.3 Å². The van der Waals surface area contributed by atoms with E-state index in [9.17, 15) is 4.79 Å². The highest BCUT2D eigenvalue weighted by Gasteiger charge is 2.08. The summed E-state index contributed by atoms with van der Waals surface area (Å²) in [5.74, 6) is -0.667. The zero-order valence-corrected chi connectivity index (χ0v) is 9.51. The lowest BCUT2D eigenvalue weighted by atomic mass is 10.3. The van der Waals surface area contributed by atoms with Crippen molar-refractivity contribution in [1.29, 1.82) is 5.26 Å². The summed E-state index contributed by atoms with van der Waals surface area (Å²) < 4.78 is 4.76. The summed E-state index contributed by atoms with van der Waals surface area (Å²) in [4.78, 5) is 13.1. The van der Waals surface area contributed by atoms with Crippen LogP contribution in [0.5, 0.6) is 0 Å². The minimum atomic E-state index is -0.667. The lowest BCUT2D eigenvalue weighted by molar-refractivity contribution is -0.138. The van der Waals surface area contributed by atoms with E-state index in [0.29, 0.717) is 6.42 Å². The molecule has 0 aromatic heterocycles. The Labute approximate surface area is 95.2 Å². The van der Waals surface area contributed by atoms with Gasteiger partial charge in [0.05, 0.1) is 6.61 Å². The quantitative estimate of drug-likeness (QED) is 0.233. The first-order valence-corrected chi connectivity index (χ1v) is 4.84. The van der Waals surface area contributed by atoms with E-state index in [0.717, 1.165) is 0 Å². The Morgan fingerprint density at radius 2 is 2.25 bits per heavy atom. The van der Waals surface area contributed by atoms with Gasteiger partial charge in [0.2, 0.25) is 0 Å². The Bertz CT molecular complexity index is 314. The molecule has 88 valence electrons. The molecule has 0 aliphatic carbocycles. The normalized spacial score (nSPS) is 11.2. The molecule has 5 heteroatoms. The van der Waals surface area contributed by atoms with E-state index in [1.54, 1.807) is 23.2 Å². The summed E-state index contributed by atoms with van der Waals surface area (Å²) in [6.07, 6.45) is 5.06. The van der Waals surface area contributed by atoms with Gasteiger partial charge >= 0.3 is 5.97 Å². The average molecular weight is 224 g/mol. The molecule has 16 heavy (non-hydrogen) atoms. The van der Waals surface area contributed by atoms with E-state index in [1.165, 1.54) is 6.08 Å². The van der Waals surface area contributed by atoms with Crippen LogP contribution in [-0.2, 0) is 9.53 Å². The second kappa shape index (κ2) is 8.50. The van der Waals surface area contributed by atoms with Gasteiger partial charge in [-0.15, -0.1) is 0 Å². The summed E-state index contributed by atoms with van der Waals surface area (Å²) >= 11 is 0.